The van der Waals surface area contributed by atoms with Gasteiger partial charge in [-0.05, 0) is 53.9 Å². The second kappa shape index (κ2) is 12.3. The Bertz CT molecular complexity index is 1250. The zero-order valence-electron chi connectivity index (χ0n) is 18.7. The first-order valence-electron chi connectivity index (χ1n) is 10.8. The largest absolute Gasteiger partial charge is 0.484 e. The SMILES string of the molecule is O=C(COc1cccc(CCNS(=O)(=O)c2ccc(Cl)cc2)c1)N[C@@H](Cc1ccccc1)C(=O)O. The second-order valence-corrected chi connectivity index (χ2v) is 9.89. The lowest BCUT2D eigenvalue weighted by molar-refractivity contribution is -0.142. The molecule has 3 aromatic rings. The van der Waals surface area contributed by atoms with Gasteiger partial charge < -0.3 is 15.2 Å². The number of carboxylic acids is 1. The highest BCUT2D eigenvalue weighted by atomic mass is 35.5. The van der Waals surface area contributed by atoms with Gasteiger partial charge in [0.05, 0.1) is 4.90 Å². The number of halogens is 1. The number of amides is 1. The fraction of sp³-hybridized carbons (Fsp3) is 0.200. The second-order valence-electron chi connectivity index (χ2n) is 7.69. The van der Waals surface area contributed by atoms with Gasteiger partial charge >= 0.3 is 5.97 Å². The van der Waals surface area contributed by atoms with Gasteiger partial charge in [-0.25, -0.2) is 17.9 Å². The number of hydrogen-bond acceptors (Lipinski definition) is 5. The lowest BCUT2D eigenvalue weighted by atomic mass is 10.1. The molecule has 3 N–H and O–H groups in total. The Morgan fingerprint density at radius 3 is 2.31 bits per heavy atom. The number of sulfonamides is 1. The summed E-state index contributed by atoms with van der Waals surface area (Å²) in [5.41, 5.74) is 1.59. The average molecular weight is 517 g/mol. The Hall–Kier alpha value is -3.40. The van der Waals surface area contributed by atoms with Crippen molar-refractivity contribution in [1.82, 2.24) is 10.0 Å². The van der Waals surface area contributed by atoms with Crippen LogP contribution in [0.15, 0.2) is 83.8 Å². The zero-order valence-corrected chi connectivity index (χ0v) is 20.3. The van der Waals surface area contributed by atoms with Gasteiger partial charge in [-0.15, -0.1) is 0 Å². The van der Waals surface area contributed by atoms with Crippen molar-refractivity contribution in [3.63, 3.8) is 0 Å². The molecule has 0 radical (unpaired) electrons. The van der Waals surface area contributed by atoms with E-state index in [1.54, 1.807) is 42.5 Å². The molecule has 3 rings (SSSR count). The van der Waals surface area contributed by atoms with Crippen LogP contribution >= 0.6 is 11.6 Å². The lowest BCUT2D eigenvalue weighted by Gasteiger charge is -2.15. The van der Waals surface area contributed by atoms with E-state index >= 15 is 0 Å². The first-order chi connectivity index (χ1) is 16.7. The van der Waals surface area contributed by atoms with Gasteiger partial charge in [-0.1, -0.05) is 54.1 Å². The normalized spacial score (nSPS) is 12.0. The number of ether oxygens (including phenoxy) is 1. The minimum Gasteiger partial charge on any atom is -0.484 e. The van der Waals surface area contributed by atoms with Crippen molar-refractivity contribution < 1.29 is 27.9 Å². The number of aliphatic carboxylic acids is 1. The molecule has 0 aliphatic heterocycles. The van der Waals surface area contributed by atoms with Crippen LogP contribution < -0.4 is 14.8 Å². The van der Waals surface area contributed by atoms with Crippen LogP contribution in [0.25, 0.3) is 0 Å². The van der Waals surface area contributed by atoms with E-state index in [0.29, 0.717) is 17.2 Å². The zero-order chi connectivity index (χ0) is 25.3. The smallest absolute Gasteiger partial charge is 0.326 e. The van der Waals surface area contributed by atoms with Crippen LogP contribution in [0, 0.1) is 0 Å². The Labute approximate surface area is 208 Å². The quantitative estimate of drug-likeness (QED) is 0.340. The van der Waals surface area contributed by atoms with Crippen molar-refractivity contribution in [2.45, 2.75) is 23.8 Å². The molecule has 0 spiro atoms. The molecule has 0 unspecified atom stereocenters. The van der Waals surface area contributed by atoms with Crippen molar-refractivity contribution in [1.29, 1.82) is 0 Å². The van der Waals surface area contributed by atoms with Crippen molar-refractivity contribution in [2.24, 2.45) is 0 Å². The van der Waals surface area contributed by atoms with E-state index in [1.165, 1.54) is 24.3 Å². The molecule has 0 fully saturated rings. The van der Waals surface area contributed by atoms with Crippen molar-refractivity contribution in [3.05, 3.63) is 95.0 Å². The summed E-state index contributed by atoms with van der Waals surface area (Å²) >= 11 is 5.80. The van der Waals surface area contributed by atoms with E-state index in [1.807, 2.05) is 12.1 Å². The fourth-order valence-corrected chi connectivity index (χ4v) is 4.41. The third-order valence-corrected chi connectivity index (χ3v) is 6.74. The summed E-state index contributed by atoms with van der Waals surface area (Å²) in [6.45, 7) is -0.195. The highest BCUT2D eigenvalue weighted by Gasteiger charge is 2.20. The molecule has 0 aliphatic rings. The van der Waals surface area contributed by atoms with E-state index in [9.17, 15) is 23.1 Å². The molecular formula is C25H25ClN2O6S. The third kappa shape index (κ3) is 8.40. The Morgan fingerprint density at radius 1 is 0.943 bits per heavy atom. The molecule has 8 nitrogen and oxygen atoms in total. The van der Waals surface area contributed by atoms with Gasteiger partial charge in [0.25, 0.3) is 5.91 Å². The standard InChI is InChI=1S/C25H25ClN2O6S/c26-20-9-11-22(12-10-20)35(32,33)27-14-13-19-7-4-8-21(15-19)34-17-24(29)28-23(25(30)31)16-18-5-2-1-3-6-18/h1-12,15,23,27H,13-14,16-17H2,(H,28,29)(H,30,31)/t23-/m0/s1. The summed E-state index contributed by atoms with van der Waals surface area (Å²) in [4.78, 5) is 23.9. The van der Waals surface area contributed by atoms with E-state index in [-0.39, 0.29) is 24.5 Å². The Kier molecular flexibility index (Phi) is 9.25. The Balaban J connectivity index is 1.49. The molecule has 0 bridgehead atoms. The van der Waals surface area contributed by atoms with Gasteiger partial charge in [-0.2, -0.15) is 0 Å². The summed E-state index contributed by atoms with van der Waals surface area (Å²) in [7, 11) is -3.66. The minimum absolute atomic E-state index is 0.122. The summed E-state index contributed by atoms with van der Waals surface area (Å²) in [5.74, 6) is -1.28. The van der Waals surface area contributed by atoms with Crippen LogP contribution in [-0.2, 0) is 32.5 Å². The van der Waals surface area contributed by atoms with Gasteiger partial charge in [0.2, 0.25) is 10.0 Å². The molecule has 0 saturated heterocycles. The van der Waals surface area contributed by atoms with E-state index in [0.717, 1.165) is 11.1 Å². The number of carboxylic acid groups (broad SMARTS) is 1. The van der Waals surface area contributed by atoms with Gasteiger partial charge in [0.1, 0.15) is 11.8 Å². The van der Waals surface area contributed by atoms with Crippen LogP contribution in [0.3, 0.4) is 0 Å². The highest BCUT2D eigenvalue weighted by molar-refractivity contribution is 7.89. The predicted octanol–water partition coefficient (Wildman–Crippen LogP) is 3.05. The summed E-state index contributed by atoms with van der Waals surface area (Å²) < 4.78 is 32.8. The van der Waals surface area contributed by atoms with Crippen molar-refractivity contribution in [2.75, 3.05) is 13.2 Å². The number of benzene rings is 3. The van der Waals surface area contributed by atoms with Crippen LogP contribution in [0.4, 0.5) is 0 Å². The van der Waals surface area contributed by atoms with Crippen LogP contribution in [-0.4, -0.2) is 44.6 Å². The molecule has 0 saturated carbocycles. The maximum atomic E-state index is 12.4. The van der Waals surface area contributed by atoms with Crippen LogP contribution in [0.2, 0.25) is 5.02 Å². The van der Waals surface area contributed by atoms with Crippen LogP contribution in [0.1, 0.15) is 11.1 Å². The molecule has 10 heteroatoms. The number of rotatable bonds is 12. The number of carbonyl (C=O) groups is 2. The minimum atomic E-state index is -3.66. The predicted molar refractivity (Wildman–Crippen MR) is 132 cm³/mol. The van der Waals surface area contributed by atoms with Crippen molar-refractivity contribution in [3.8, 4) is 5.75 Å². The first kappa shape index (κ1) is 26.2. The van der Waals surface area contributed by atoms with E-state index < -0.39 is 27.9 Å². The molecular weight excluding hydrogens is 492 g/mol. The number of hydrogen-bond donors (Lipinski definition) is 3. The molecule has 0 aliphatic carbocycles. The van der Waals surface area contributed by atoms with Gasteiger partial charge in [0.15, 0.2) is 6.61 Å². The fourth-order valence-electron chi connectivity index (χ4n) is 3.25. The first-order valence-corrected chi connectivity index (χ1v) is 12.6. The third-order valence-electron chi connectivity index (χ3n) is 5.01. The number of nitrogens with one attached hydrogen (secondary N) is 2. The summed E-state index contributed by atoms with van der Waals surface area (Å²) in [6.07, 6.45) is 0.553. The summed E-state index contributed by atoms with van der Waals surface area (Å²) in [6, 6.07) is 20.7. The molecule has 1 amide bonds. The molecule has 3 aromatic carbocycles. The lowest BCUT2D eigenvalue weighted by Crippen LogP contribution is -2.44. The van der Waals surface area contributed by atoms with E-state index in [2.05, 4.69) is 10.0 Å². The highest BCUT2D eigenvalue weighted by Crippen LogP contribution is 2.16. The van der Waals surface area contributed by atoms with Crippen molar-refractivity contribution >= 4 is 33.5 Å². The number of carbonyl (C=O) groups excluding carboxylic acids is 1. The maximum absolute atomic E-state index is 12.4. The maximum Gasteiger partial charge on any atom is 0.326 e. The molecule has 0 aromatic heterocycles. The van der Waals surface area contributed by atoms with Gasteiger partial charge in [-0.3, -0.25) is 4.79 Å². The van der Waals surface area contributed by atoms with E-state index in [4.69, 9.17) is 16.3 Å². The molecule has 35 heavy (non-hydrogen) atoms. The molecule has 184 valence electrons. The topological polar surface area (TPSA) is 122 Å². The van der Waals surface area contributed by atoms with Gasteiger partial charge in [0, 0.05) is 18.0 Å². The monoisotopic (exact) mass is 516 g/mol. The molecule has 1 atom stereocenters. The van der Waals surface area contributed by atoms with Crippen LogP contribution in [0.5, 0.6) is 5.75 Å². The average Bonchev–Trinajstić information content (AvgIpc) is 2.83. The molecule has 0 heterocycles. The Morgan fingerprint density at radius 2 is 1.63 bits per heavy atom. The summed E-state index contributed by atoms with van der Waals surface area (Å²) in [5, 5.41) is 12.3.